The largest absolute Gasteiger partial charge is 0.496 e. The van der Waals surface area contributed by atoms with Crippen molar-refractivity contribution in [2.75, 3.05) is 26.1 Å². The van der Waals surface area contributed by atoms with Crippen LogP contribution >= 0.6 is 11.3 Å². The molecule has 1 aromatic carbocycles. The van der Waals surface area contributed by atoms with Crippen molar-refractivity contribution < 1.29 is 23.8 Å². The molecule has 0 spiro atoms. The summed E-state index contributed by atoms with van der Waals surface area (Å²) in [5.74, 6) is 0.414. The first-order valence-corrected chi connectivity index (χ1v) is 10.3. The summed E-state index contributed by atoms with van der Waals surface area (Å²) in [4.78, 5) is 24.9. The number of rotatable bonds is 7. The Morgan fingerprint density at radius 2 is 1.86 bits per heavy atom. The van der Waals surface area contributed by atoms with Crippen LogP contribution in [-0.4, -0.2) is 44.5 Å². The van der Waals surface area contributed by atoms with E-state index in [1.54, 1.807) is 7.11 Å². The Balaban J connectivity index is 2.35. The van der Waals surface area contributed by atoms with Crippen molar-refractivity contribution in [3.8, 4) is 5.75 Å². The number of carbonyl (C=O) groups excluding carboxylic acids is 2. The van der Waals surface area contributed by atoms with Gasteiger partial charge in [-0.15, -0.1) is 11.3 Å². The van der Waals surface area contributed by atoms with Crippen LogP contribution in [0, 0.1) is 5.92 Å². The summed E-state index contributed by atoms with van der Waals surface area (Å²) in [6, 6.07) is 5.52. The van der Waals surface area contributed by atoms with Crippen molar-refractivity contribution in [2.45, 2.75) is 46.3 Å². The number of esters is 1. The molecule has 0 radical (unpaired) electrons. The molecule has 0 unspecified atom stereocenters. The highest BCUT2D eigenvalue weighted by atomic mass is 32.1. The number of hydrogen-bond acceptors (Lipinski definition) is 7. The second-order valence-electron chi connectivity index (χ2n) is 8.01. The number of carbonyl (C=O) groups is 2. The zero-order valence-electron chi connectivity index (χ0n) is 18.0. The van der Waals surface area contributed by atoms with Crippen molar-refractivity contribution >= 4 is 39.2 Å². The van der Waals surface area contributed by atoms with Crippen molar-refractivity contribution in [2.24, 2.45) is 5.92 Å². The smallest absolute Gasteiger partial charge is 0.407 e. The highest BCUT2D eigenvalue weighted by Gasteiger charge is 2.26. The highest BCUT2D eigenvalue weighted by Crippen LogP contribution is 2.42. The van der Waals surface area contributed by atoms with E-state index in [2.05, 4.69) is 10.6 Å². The van der Waals surface area contributed by atoms with Crippen molar-refractivity contribution in [3.63, 3.8) is 0 Å². The first-order chi connectivity index (χ1) is 13.6. The molecule has 2 aromatic rings. The minimum absolute atomic E-state index is 0.145. The molecule has 0 aliphatic carbocycles. The minimum atomic E-state index is -0.570. The average molecular weight is 423 g/mol. The molecule has 0 aliphatic heterocycles. The third kappa shape index (κ3) is 5.76. The molecule has 2 rings (SSSR count). The number of ether oxygens (including phenoxy) is 3. The number of methoxy groups -OCH3 is 2. The summed E-state index contributed by atoms with van der Waals surface area (Å²) >= 11 is 1.34. The summed E-state index contributed by atoms with van der Waals surface area (Å²) in [6.45, 7) is 9.86. The molecule has 0 aliphatic rings. The third-order valence-electron chi connectivity index (χ3n) is 4.27. The third-order valence-corrected chi connectivity index (χ3v) is 5.40. The molecule has 1 amide bonds. The Labute approximate surface area is 175 Å². The Bertz CT molecular complexity index is 870. The Kier molecular flexibility index (Phi) is 7.35. The molecule has 0 saturated carbocycles. The molecular weight excluding hydrogens is 392 g/mol. The van der Waals surface area contributed by atoms with E-state index in [1.165, 1.54) is 18.4 Å². The maximum Gasteiger partial charge on any atom is 0.407 e. The van der Waals surface area contributed by atoms with Gasteiger partial charge in [-0.05, 0) is 38.8 Å². The SMILES string of the molecule is COC(=O)c1sc2cccc(OC)c2c1N[C@H](CNC(=O)OC(C)(C)C)C(C)C. The summed E-state index contributed by atoms with van der Waals surface area (Å²) in [7, 11) is 2.95. The van der Waals surface area contributed by atoms with Gasteiger partial charge in [0.15, 0.2) is 0 Å². The van der Waals surface area contributed by atoms with Crippen LogP contribution < -0.4 is 15.4 Å². The quantitative estimate of drug-likeness (QED) is 0.631. The first kappa shape index (κ1) is 22.8. The van der Waals surface area contributed by atoms with Gasteiger partial charge in [-0.25, -0.2) is 9.59 Å². The summed E-state index contributed by atoms with van der Waals surface area (Å²) in [5.41, 5.74) is 0.0822. The van der Waals surface area contributed by atoms with Crippen LogP contribution in [0.15, 0.2) is 18.2 Å². The predicted octanol–water partition coefficient (Wildman–Crippen LogP) is 4.66. The van der Waals surface area contributed by atoms with Crippen molar-refractivity contribution in [3.05, 3.63) is 23.1 Å². The lowest BCUT2D eigenvalue weighted by Crippen LogP contribution is -2.42. The zero-order valence-corrected chi connectivity index (χ0v) is 18.9. The lowest BCUT2D eigenvalue weighted by Gasteiger charge is -2.26. The number of alkyl carbamates (subject to hydrolysis) is 1. The Morgan fingerprint density at radius 3 is 2.41 bits per heavy atom. The number of benzene rings is 1. The molecule has 0 bridgehead atoms. The van der Waals surface area contributed by atoms with Gasteiger partial charge in [0.25, 0.3) is 0 Å². The molecule has 8 heteroatoms. The number of hydrogen-bond donors (Lipinski definition) is 2. The maximum absolute atomic E-state index is 12.4. The standard InChI is InChI=1S/C21H30N2O5S/c1-12(2)13(11-22-20(25)28-21(3,4)5)23-17-16-14(26-6)9-8-10-15(16)29-18(17)19(24)27-7/h8-10,12-13,23H,11H2,1-7H3,(H,22,25)/t13-/m1/s1. The van der Waals surface area contributed by atoms with Gasteiger partial charge in [-0.1, -0.05) is 19.9 Å². The van der Waals surface area contributed by atoms with E-state index in [0.29, 0.717) is 22.9 Å². The Morgan fingerprint density at radius 1 is 1.17 bits per heavy atom. The van der Waals surface area contributed by atoms with E-state index in [9.17, 15) is 9.59 Å². The fourth-order valence-corrected chi connectivity index (χ4v) is 3.91. The van der Waals surface area contributed by atoms with E-state index < -0.39 is 17.7 Å². The van der Waals surface area contributed by atoms with Crippen molar-refractivity contribution in [1.82, 2.24) is 5.32 Å². The fraction of sp³-hybridized carbons (Fsp3) is 0.524. The number of anilines is 1. The van der Waals surface area contributed by atoms with Crippen LogP contribution in [0.4, 0.5) is 10.5 Å². The molecule has 2 N–H and O–H groups in total. The van der Waals surface area contributed by atoms with E-state index in [-0.39, 0.29) is 12.0 Å². The number of fused-ring (bicyclic) bond motifs is 1. The fourth-order valence-electron chi connectivity index (χ4n) is 2.81. The molecule has 1 atom stereocenters. The molecule has 1 heterocycles. The number of amides is 1. The van der Waals surface area contributed by atoms with Gasteiger partial charge in [-0.2, -0.15) is 0 Å². The molecule has 0 fully saturated rings. The lowest BCUT2D eigenvalue weighted by molar-refractivity contribution is 0.0522. The van der Waals surface area contributed by atoms with Crippen LogP contribution in [0.25, 0.3) is 10.1 Å². The van der Waals surface area contributed by atoms with Crippen LogP contribution in [0.5, 0.6) is 5.75 Å². The lowest BCUT2D eigenvalue weighted by atomic mass is 10.0. The highest BCUT2D eigenvalue weighted by molar-refractivity contribution is 7.21. The second-order valence-corrected chi connectivity index (χ2v) is 9.06. The van der Waals surface area contributed by atoms with Gasteiger partial charge in [0.2, 0.25) is 0 Å². The zero-order chi connectivity index (χ0) is 21.8. The number of thiophene rings is 1. The van der Waals surface area contributed by atoms with Gasteiger partial charge >= 0.3 is 12.1 Å². The number of nitrogens with one attached hydrogen (secondary N) is 2. The first-order valence-electron chi connectivity index (χ1n) is 9.48. The average Bonchev–Trinajstić information content (AvgIpc) is 3.01. The maximum atomic E-state index is 12.4. The Hall–Kier alpha value is -2.48. The van der Waals surface area contributed by atoms with Gasteiger partial charge in [0.1, 0.15) is 16.2 Å². The molecule has 0 saturated heterocycles. The van der Waals surface area contributed by atoms with Crippen LogP contribution in [0.3, 0.4) is 0 Å². The predicted molar refractivity (Wildman–Crippen MR) is 116 cm³/mol. The van der Waals surface area contributed by atoms with E-state index >= 15 is 0 Å². The molecule has 29 heavy (non-hydrogen) atoms. The van der Waals surface area contributed by atoms with E-state index in [4.69, 9.17) is 14.2 Å². The molecular formula is C21H30N2O5S. The summed E-state index contributed by atoms with van der Waals surface area (Å²) in [5, 5.41) is 7.06. The van der Waals surface area contributed by atoms with Crippen LogP contribution in [-0.2, 0) is 9.47 Å². The normalized spacial score (nSPS) is 12.6. The van der Waals surface area contributed by atoms with E-state index in [0.717, 1.165) is 10.1 Å². The summed E-state index contributed by atoms with van der Waals surface area (Å²) in [6.07, 6.45) is -0.481. The van der Waals surface area contributed by atoms with Crippen LogP contribution in [0.2, 0.25) is 0 Å². The molecule has 1 aromatic heterocycles. The monoisotopic (exact) mass is 422 g/mol. The van der Waals surface area contributed by atoms with Crippen LogP contribution in [0.1, 0.15) is 44.3 Å². The van der Waals surface area contributed by atoms with Crippen molar-refractivity contribution in [1.29, 1.82) is 0 Å². The molecule has 7 nitrogen and oxygen atoms in total. The van der Waals surface area contributed by atoms with Gasteiger partial charge < -0.3 is 24.8 Å². The van der Waals surface area contributed by atoms with Gasteiger partial charge in [-0.3, -0.25) is 0 Å². The van der Waals surface area contributed by atoms with Gasteiger partial charge in [0, 0.05) is 17.3 Å². The topological polar surface area (TPSA) is 85.9 Å². The molecule has 160 valence electrons. The van der Waals surface area contributed by atoms with E-state index in [1.807, 2.05) is 52.8 Å². The van der Waals surface area contributed by atoms with Gasteiger partial charge in [0.05, 0.1) is 25.3 Å². The second kappa shape index (κ2) is 9.35. The minimum Gasteiger partial charge on any atom is -0.496 e. The summed E-state index contributed by atoms with van der Waals surface area (Å²) < 4.78 is 16.7.